The highest BCUT2D eigenvalue weighted by Crippen LogP contribution is 2.33. The Balaban J connectivity index is 1.61. The van der Waals surface area contributed by atoms with Gasteiger partial charge in [-0.3, -0.25) is 9.59 Å². The van der Waals surface area contributed by atoms with Gasteiger partial charge in [0.25, 0.3) is 5.91 Å². The number of nitrogens with zero attached hydrogens (tertiary/aromatic N) is 1. The van der Waals surface area contributed by atoms with Crippen molar-refractivity contribution in [2.45, 2.75) is 29.6 Å². The molecule has 1 saturated heterocycles. The largest absolute Gasteiger partial charge is 0.492 e. The van der Waals surface area contributed by atoms with E-state index in [0.29, 0.717) is 42.4 Å². The summed E-state index contributed by atoms with van der Waals surface area (Å²) in [4.78, 5) is 25.3. The van der Waals surface area contributed by atoms with Crippen LogP contribution in [-0.2, 0) is 14.8 Å². The van der Waals surface area contributed by atoms with Crippen LogP contribution >= 0.6 is 11.8 Å². The van der Waals surface area contributed by atoms with E-state index in [2.05, 4.69) is 10.6 Å². The molecule has 0 saturated carbocycles. The number of benzene rings is 2. The van der Waals surface area contributed by atoms with Gasteiger partial charge in [-0.25, -0.2) is 8.42 Å². The van der Waals surface area contributed by atoms with E-state index in [9.17, 15) is 18.0 Å². The minimum Gasteiger partial charge on any atom is -0.492 e. The lowest BCUT2D eigenvalue weighted by Crippen LogP contribution is -2.28. The summed E-state index contributed by atoms with van der Waals surface area (Å²) in [5.74, 6) is 0.0967. The number of nitrogens with one attached hydrogen (secondary N) is 2. The van der Waals surface area contributed by atoms with Crippen molar-refractivity contribution in [1.29, 1.82) is 0 Å². The minimum atomic E-state index is -3.73. The Morgan fingerprint density at radius 3 is 2.71 bits per heavy atom. The van der Waals surface area contributed by atoms with Gasteiger partial charge in [-0.15, -0.1) is 11.8 Å². The average molecular weight is 462 g/mol. The van der Waals surface area contributed by atoms with E-state index >= 15 is 0 Å². The highest BCUT2D eigenvalue weighted by molar-refractivity contribution is 8.00. The molecule has 1 fully saturated rings. The number of rotatable bonds is 6. The van der Waals surface area contributed by atoms with Crippen LogP contribution in [-0.4, -0.2) is 50.0 Å². The maximum atomic E-state index is 13.1. The van der Waals surface area contributed by atoms with Crippen molar-refractivity contribution >= 4 is 45.0 Å². The Bertz CT molecular complexity index is 1130. The van der Waals surface area contributed by atoms with Crippen molar-refractivity contribution in [2.24, 2.45) is 0 Å². The van der Waals surface area contributed by atoms with Gasteiger partial charge in [0, 0.05) is 29.2 Å². The number of fused-ring (bicyclic) bond motifs is 1. The zero-order valence-electron chi connectivity index (χ0n) is 17.0. The van der Waals surface area contributed by atoms with Crippen LogP contribution in [0.25, 0.3) is 0 Å². The van der Waals surface area contributed by atoms with E-state index in [1.54, 1.807) is 37.3 Å². The molecule has 0 unspecified atom stereocenters. The highest BCUT2D eigenvalue weighted by atomic mass is 32.2. The third-order valence-corrected chi connectivity index (χ3v) is 8.05. The van der Waals surface area contributed by atoms with Gasteiger partial charge in [-0.05, 0) is 56.2 Å². The van der Waals surface area contributed by atoms with Crippen molar-refractivity contribution in [3.63, 3.8) is 0 Å². The third-order valence-electron chi connectivity index (χ3n) is 5.06. The first-order chi connectivity index (χ1) is 14.9. The maximum absolute atomic E-state index is 13.1. The molecule has 10 heteroatoms. The molecule has 8 nitrogen and oxygen atoms in total. The first-order valence-corrected chi connectivity index (χ1v) is 12.5. The summed E-state index contributed by atoms with van der Waals surface area (Å²) in [6.07, 6.45) is 1.65. The Hall–Kier alpha value is -2.56. The van der Waals surface area contributed by atoms with Crippen LogP contribution in [0.4, 0.5) is 11.4 Å². The monoisotopic (exact) mass is 461 g/mol. The molecule has 0 spiro atoms. The average Bonchev–Trinajstić information content (AvgIpc) is 3.30. The molecule has 2 aromatic rings. The SMILES string of the molecule is CCOc1ccc(NC(=O)c2ccc3c(c2)NC(=O)CS3)cc1S(=O)(=O)N1CCCC1. The first-order valence-electron chi connectivity index (χ1n) is 10.0. The number of carbonyl (C=O) groups is 2. The molecule has 0 bridgehead atoms. The van der Waals surface area contributed by atoms with Crippen LogP contribution in [0.2, 0.25) is 0 Å². The van der Waals surface area contributed by atoms with Gasteiger partial charge >= 0.3 is 0 Å². The molecule has 2 aromatic carbocycles. The molecule has 0 radical (unpaired) electrons. The van der Waals surface area contributed by atoms with Crippen LogP contribution < -0.4 is 15.4 Å². The number of hydrogen-bond donors (Lipinski definition) is 2. The van der Waals surface area contributed by atoms with Crippen molar-refractivity contribution in [3.8, 4) is 5.75 Å². The Labute approximate surface area is 185 Å². The van der Waals surface area contributed by atoms with Crippen molar-refractivity contribution < 1.29 is 22.7 Å². The summed E-state index contributed by atoms with van der Waals surface area (Å²) >= 11 is 1.42. The molecule has 2 amide bonds. The molecule has 31 heavy (non-hydrogen) atoms. The summed E-state index contributed by atoms with van der Waals surface area (Å²) in [6, 6.07) is 9.69. The van der Waals surface area contributed by atoms with E-state index in [4.69, 9.17) is 4.74 Å². The minimum absolute atomic E-state index is 0.0446. The molecule has 0 aliphatic carbocycles. The van der Waals surface area contributed by atoms with Gasteiger partial charge in [0.2, 0.25) is 15.9 Å². The van der Waals surface area contributed by atoms with Crippen molar-refractivity contribution in [2.75, 3.05) is 36.1 Å². The highest BCUT2D eigenvalue weighted by Gasteiger charge is 2.30. The third kappa shape index (κ3) is 4.56. The van der Waals surface area contributed by atoms with E-state index in [-0.39, 0.29) is 16.6 Å². The van der Waals surface area contributed by atoms with Gasteiger partial charge in [-0.2, -0.15) is 4.31 Å². The lowest BCUT2D eigenvalue weighted by atomic mass is 10.1. The van der Waals surface area contributed by atoms with Crippen LogP contribution in [0.3, 0.4) is 0 Å². The van der Waals surface area contributed by atoms with Crippen LogP contribution in [0.15, 0.2) is 46.2 Å². The second-order valence-corrected chi connectivity index (χ2v) is 10.1. The fourth-order valence-electron chi connectivity index (χ4n) is 3.56. The molecule has 2 aliphatic rings. The molecule has 164 valence electrons. The molecule has 2 aliphatic heterocycles. The number of anilines is 2. The fourth-order valence-corrected chi connectivity index (χ4v) is 6.02. The molecule has 0 aromatic heterocycles. The predicted molar refractivity (Wildman–Crippen MR) is 119 cm³/mol. The van der Waals surface area contributed by atoms with Crippen LogP contribution in [0, 0.1) is 0 Å². The summed E-state index contributed by atoms with van der Waals surface area (Å²) in [7, 11) is -3.73. The van der Waals surface area contributed by atoms with E-state index < -0.39 is 15.9 Å². The standard InChI is InChI=1S/C21H23N3O5S2/c1-2-29-17-7-6-15(12-19(17)31(27,28)24-9-3-4-10-24)22-21(26)14-5-8-18-16(11-14)23-20(25)13-30-18/h5-8,11-12H,2-4,9-10,13H2,1H3,(H,22,26)(H,23,25). The molecular weight excluding hydrogens is 438 g/mol. The second kappa shape index (κ2) is 8.89. The second-order valence-electron chi connectivity index (χ2n) is 7.21. The Morgan fingerprint density at radius 2 is 1.97 bits per heavy atom. The molecule has 0 atom stereocenters. The molecular formula is C21H23N3O5S2. The predicted octanol–water partition coefficient (Wildman–Crippen LogP) is 3.17. The lowest BCUT2D eigenvalue weighted by Gasteiger charge is -2.19. The lowest BCUT2D eigenvalue weighted by molar-refractivity contribution is -0.113. The molecule has 2 heterocycles. The molecule has 2 N–H and O–H groups in total. The number of ether oxygens (including phenoxy) is 1. The van der Waals surface area contributed by atoms with Gasteiger partial charge in [-0.1, -0.05) is 0 Å². The summed E-state index contributed by atoms with van der Waals surface area (Å²) in [6.45, 7) is 3.06. The number of sulfonamides is 1. The van der Waals surface area contributed by atoms with Crippen LogP contribution in [0.1, 0.15) is 30.1 Å². The Morgan fingerprint density at radius 1 is 1.19 bits per heavy atom. The zero-order chi connectivity index (χ0) is 22.0. The fraction of sp³-hybridized carbons (Fsp3) is 0.333. The summed E-state index contributed by atoms with van der Waals surface area (Å²) in [5.41, 5.74) is 1.31. The van der Waals surface area contributed by atoms with E-state index in [1.807, 2.05) is 0 Å². The van der Waals surface area contributed by atoms with E-state index in [0.717, 1.165) is 17.7 Å². The normalized spacial score (nSPS) is 16.5. The zero-order valence-corrected chi connectivity index (χ0v) is 18.6. The quantitative estimate of drug-likeness (QED) is 0.685. The summed E-state index contributed by atoms with van der Waals surface area (Å²) in [5, 5.41) is 5.51. The topological polar surface area (TPSA) is 105 Å². The van der Waals surface area contributed by atoms with Crippen molar-refractivity contribution in [3.05, 3.63) is 42.0 Å². The first kappa shape index (κ1) is 21.7. The number of amides is 2. The van der Waals surface area contributed by atoms with Gasteiger partial charge in [0.1, 0.15) is 10.6 Å². The maximum Gasteiger partial charge on any atom is 0.255 e. The summed E-state index contributed by atoms with van der Waals surface area (Å²) < 4.78 is 33.2. The molecule has 4 rings (SSSR count). The van der Waals surface area contributed by atoms with Crippen molar-refractivity contribution in [1.82, 2.24) is 4.31 Å². The number of carbonyl (C=O) groups excluding carboxylic acids is 2. The van der Waals surface area contributed by atoms with Gasteiger partial charge in [0.15, 0.2) is 0 Å². The van der Waals surface area contributed by atoms with E-state index in [1.165, 1.54) is 22.1 Å². The van der Waals surface area contributed by atoms with Gasteiger partial charge < -0.3 is 15.4 Å². The Kier molecular flexibility index (Phi) is 6.22. The number of thioether (sulfide) groups is 1. The van der Waals surface area contributed by atoms with Gasteiger partial charge in [0.05, 0.1) is 18.0 Å². The number of hydrogen-bond acceptors (Lipinski definition) is 6. The van der Waals surface area contributed by atoms with Crippen LogP contribution in [0.5, 0.6) is 5.75 Å². The smallest absolute Gasteiger partial charge is 0.255 e.